The highest BCUT2D eigenvalue weighted by molar-refractivity contribution is 7.80. The van der Waals surface area contributed by atoms with Crippen molar-refractivity contribution in [2.45, 2.75) is 13.3 Å². The lowest BCUT2D eigenvalue weighted by Crippen LogP contribution is -2.54. The summed E-state index contributed by atoms with van der Waals surface area (Å²) < 4.78 is 10.8. The van der Waals surface area contributed by atoms with Gasteiger partial charge in [-0.3, -0.25) is 24.6 Å². The van der Waals surface area contributed by atoms with Crippen molar-refractivity contribution >= 4 is 46.8 Å². The molecule has 2 saturated heterocycles. The quantitative estimate of drug-likeness (QED) is 0.389. The predicted molar refractivity (Wildman–Crippen MR) is 131 cm³/mol. The highest BCUT2D eigenvalue weighted by Crippen LogP contribution is 2.26. The van der Waals surface area contributed by atoms with Crippen LogP contribution in [0.3, 0.4) is 0 Å². The van der Waals surface area contributed by atoms with Gasteiger partial charge in [-0.05, 0) is 54.0 Å². The largest absolute Gasteiger partial charge is 0.484 e. The van der Waals surface area contributed by atoms with Crippen molar-refractivity contribution < 1.29 is 23.9 Å². The van der Waals surface area contributed by atoms with Crippen LogP contribution < -0.4 is 15.0 Å². The Morgan fingerprint density at radius 2 is 1.82 bits per heavy atom. The van der Waals surface area contributed by atoms with Crippen molar-refractivity contribution in [1.82, 2.24) is 10.2 Å². The van der Waals surface area contributed by atoms with Gasteiger partial charge in [0.2, 0.25) is 0 Å². The van der Waals surface area contributed by atoms with E-state index >= 15 is 0 Å². The van der Waals surface area contributed by atoms with Crippen LogP contribution >= 0.6 is 12.2 Å². The number of para-hydroxylation sites is 1. The van der Waals surface area contributed by atoms with Crippen molar-refractivity contribution in [1.29, 1.82) is 0 Å². The molecule has 0 aliphatic carbocycles. The van der Waals surface area contributed by atoms with Gasteiger partial charge in [0.1, 0.15) is 11.3 Å². The second-order valence-electron chi connectivity index (χ2n) is 7.79. The Labute approximate surface area is 203 Å². The first kappa shape index (κ1) is 23.6. The number of aryl methyl sites for hydroxylation is 1. The molecule has 9 heteroatoms. The molecule has 8 nitrogen and oxygen atoms in total. The van der Waals surface area contributed by atoms with Gasteiger partial charge >= 0.3 is 0 Å². The molecule has 0 spiro atoms. The van der Waals surface area contributed by atoms with Crippen LogP contribution in [-0.4, -0.2) is 60.6 Å². The molecule has 0 radical (unpaired) electrons. The minimum absolute atomic E-state index is 0.0179. The zero-order valence-electron chi connectivity index (χ0n) is 18.8. The van der Waals surface area contributed by atoms with E-state index in [2.05, 4.69) is 5.32 Å². The van der Waals surface area contributed by atoms with Crippen LogP contribution in [0.15, 0.2) is 54.1 Å². The van der Waals surface area contributed by atoms with E-state index in [0.29, 0.717) is 49.7 Å². The highest BCUT2D eigenvalue weighted by Gasteiger charge is 2.35. The molecule has 1 N–H and O–H groups in total. The Morgan fingerprint density at radius 1 is 1.12 bits per heavy atom. The van der Waals surface area contributed by atoms with Gasteiger partial charge in [0, 0.05) is 13.1 Å². The van der Waals surface area contributed by atoms with Crippen molar-refractivity contribution in [3.8, 4) is 5.75 Å². The molecule has 2 aromatic carbocycles. The second kappa shape index (κ2) is 10.6. The SMILES string of the molecule is CCc1ccccc1N1C(=O)/C(=C/c2ccc(OCC(=O)N3CCOCC3)cc2)C(=O)NC1=S. The first-order valence-electron chi connectivity index (χ1n) is 11.1. The van der Waals surface area contributed by atoms with Gasteiger partial charge < -0.3 is 14.4 Å². The molecule has 0 bridgehead atoms. The third kappa shape index (κ3) is 5.16. The lowest BCUT2D eigenvalue weighted by Gasteiger charge is -2.30. The average Bonchev–Trinajstić information content (AvgIpc) is 2.86. The van der Waals surface area contributed by atoms with Crippen LogP contribution in [0, 0.1) is 0 Å². The number of morpholine rings is 1. The Kier molecular flexibility index (Phi) is 7.34. The summed E-state index contributed by atoms with van der Waals surface area (Å²) in [5.41, 5.74) is 2.22. The van der Waals surface area contributed by atoms with E-state index < -0.39 is 11.8 Å². The van der Waals surface area contributed by atoms with Crippen LogP contribution in [0.5, 0.6) is 5.75 Å². The monoisotopic (exact) mass is 479 g/mol. The smallest absolute Gasteiger partial charge is 0.270 e. The van der Waals surface area contributed by atoms with E-state index in [1.807, 2.05) is 31.2 Å². The molecule has 0 atom stereocenters. The summed E-state index contributed by atoms with van der Waals surface area (Å²) in [7, 11) is 0. The molecule has 0 saturated carbocycles. The van der Waals surface area contributed by atoms with Gasteiger partial charge in [-0.1, -0.05) is 37.3 Å². The zero-order valence-corrected chi connectivity index (χ0v) is 19.6. The molecule has 2 fully saturated rings. The molecule has 3 amide bonds. The fraction of sp³-hybridized carbons (Fsp3) is 0.280. The molecule has 0 aromatic heterocycles. The molecular formula is C25H25N3O5S. The number of carbonyl (C=O) groups excluding carboxylic acids is 3. The summed E-state index contributed by atoms with van der Waals surface area (Å²) in [6, 6.07) is 14.3. The molecular weight excluding hydrogens is 454 g/mol. The molecule has 2 heterocycles. The predicted octanol–water partition coefficient (Wildman–Crippen LogP) is 2.32. The summed E-state index contributed by atoms with van der Waals surface area (Å²) >= 11 is 5.29. The molecule has 2 aliphatic rings. The van der Waals surface area contributed by atoms with Crippen molar-refractivity contribution in [3.63, 3.8) is 0 Å². The summed E-state index contributed by atoms with van der Waals surface area (Å²) in [6.07, 6.45) is 2.23. The number of rotatable bonds is 6. The standard InChI is InChI=1S/C25H25N3O5S/c1-2-18-5-3-4-6-21(18)28-24(31)20(23(30)26-25(28)34)15-17-7-9-19(10-8-17)33-16-22(29)27-11-13-32-14-12-27/h3-10,15H,2,11-14,16H2,1H3,(H,26,30,34)/b20-15+. The number of hydrogen-bond donors (Lipinski definition) is 1. The Bertz CT molecular complexity index is 1140. The number of thiocarbonyl (C=S) groups is 1. The van der Waals surface area contributed by atoms with Gasteiger partial charge in [0.05, 0.1) is 18.9 Å². The fourth-order valence-corrected chi connectivity index (χ4v) is 4.05. The lowest BCUT2D eigenvalue weighted by molar-refractivity contribution is -0.137. The first-order chi connectivity index (χ1) is 16.5. The summed E-state index contributed by atoms with van der Waals surface area (Å²) in [5, 5.41) is 2.67. The number of anilines is 1. The number of carbonyl (C=O) groups is 3. The van der Waals surface area contributed by atoms with E-state index in [0.717, 1.165) is 5.56 Å². The van der Waals surface area contributed by atoms with Crippen LogP contribution in [0.25, 0.3) is 6.08 Å². The molecule has 34 heavy (non-hydrogen) atoms. The molecule has 176 valence electrons. The van der Waals surface area contributed by atoms with Crippen LogP contribution in [0.4, 0.5) is 5.69 Å². The van der Waals surface area contributed by atoms with E-state index in [1.54, 1.807) is 29.2 Å². The third-order valence-corrected chi connectivity index (χ3v) is 5.92. The zero-order chi connectivity index (χ0) is 24.1. The van der Waals surface area contributed by atoms with Crippen molar-refractivity contribution in [2.75, 3.05) is 37.8 Å². The maximum Gasteiger partial charge on any atom is 0.270 e. The Morgan fingerprint density at radius 3 is 2.53 bits per heavy atom. The Hall–Kier alpha value is -3.56. The topological polar surface area (TPSA) is 88.2 Å². The van der Waals surface area contributed by atoms with E-state index in [4.69, 9.17) is 21.7 Å². The minimum atomic E-state index is -0.545. The summed E-state index contributed by atoms with van der Waals surface area (Å²) in [4.78, 5) is 41.1. The number of nitrogens with zero attached hydrogens (tertiary/aromatic N) is 2. The highest BCUT2D eigenvalue weighted by atomic mass is 32.1. The van der Waals surface area contributed by atoms with E-state index in [-0.39, 0.29) is 23.2 Å². The van der Waals surface area contributed by atoms with Crippen molar-refractivity contribution in [3.05, 3.63) is 65.2 Å². The fourth-order valence-electron chi connectivity index (χ4n) is 3.78. The number of amides is 3. The maximum atomic E-state index is 13.2. The van der Waals surface area contributed by atoms with E-state index in [1.165, 1.54) is 11.0 Å². The second-order valence-corrected chi connectivity index (χ2v) is 8.18. The van der Waals surface area contributed by atoms with Gasteiger partial charge in [-0.15, -0.1) is 0 Å². The number of nitrogens with one attached hydrogen (secondary N) is 1. The first-order valence-corrected chi connectivity index (χ1v) is 11.5. The summed E-state index contributed by atoms with van der Waals surface area (Å²) in [5.74, 6) is -0.604. The number of hydrogen-bond acceptors (Lipinski definition) is 6. The molecule has 4 rings (SSSR count). The van der Waals surface area contributed by atoms with Gasteiger partial charge in [-0.25, -0.2) is 0 Å². The third-order valence-electron chi connectivity index (χ3n) is 5.63. The Balaban J connectivity index is 1.48. The molecule has 2 aromatic rings. The van der Waals surface area contributed by atoms with Gasteiger partial charge in [0.15, 0.2) is 11.7 Å². The van der Waals surface area contributed by atoms with Crippen LogP contribution in [0.2, 0.25) is 0 Å². The molecule has 0 unspecified atom stereocenters. The number of benzene rings is 2. The normalized spacial score (nSPS) is 17.7. The summed E-state index contributed by atoms with van der Waals surface area (Å²) in [6.45, 7) is 4.12. The van der Waals surface area contributed by atoms with Gasteiger partial charge in [-0.2, -0.15) is 0 Å². The maximum absolute atomic E-state index is 13.2. The van der Waals surface area contributed by atoms with Gasteiger partial charge in [0.25, 0.3) is 17.7 Å². The van der Waals surface area contributed by atoms with E-state index in [9.17, 15) is 14.4 Å². The number of ether oxygens (including phenoxy) is 2. The average molecular weight is 480 g/mol. The van der Waals surface area contributed by atoms with Crippen molar-refractivity contribution in [2.24, 2.45) is 0 Å². The molecule has 2 aliphatic heterocycles. The van der Waals surface area contributed by atoms with Crippen LogP contribution in [-0.2, 0) is 25.5 Å². The van der Waals surface area contributed by atoms with Crippen LogP contribution in [0.1, 0.15) is 18.1 Å². The lowest BCUT2D eigenvalue weighted by atomic mass is 10.0. The minimum Gasteiger partial charge on any atom is -0.484 e.